The molecule has 0 aliphatic heterocycles. The molecule has 1 heterocycles. The highest BCUT2D eigenvalue weighted by molar-refractivity contribution is 6.33. The Bertz CT molecular complexity index is 552. The SMILES string of the molecule is CCc1c(N)cccc1-c1cc(N)ncc1Cl. The van der Waals surface area contributed by atoms with E-state index in [-0.39, 0.29) is 0 Å². The minimum Gasteiger partial charge on any atom is -0.398 e. The summed E-state index contributed by atoms with van der Waals surface area (Å²) in [5.74, 6) is 0.453. The van der Waals surface area contributed by atoms with Crippen LogP contribution in [0.5, 0.6) is 0 Å². The van der Waals surface area contributed by atoms with Gasteiger partial charge >= 0.3 is 0 Å². The summed E-state index contributed by atoms with van der Waals surface area (Å²) in [6, 6.07) is 7.57. The summed E-state index contributed by atoms with van der Waals surface area (Å²) in [4.78, 5) is 3.96. The average Bonchev–Trinajstić information content (AvgIpc) is 2.32. The molecule has 0 saturated heterocycles. The van der Waals surface area contributed by atoms with Gasteiger partial charge in [0, 0.05) is 17.4 Å². The Morgan fingerprint density at radius 3 is 2.71 bits per heavy atom. The average molecular weight is 248 g/mol. The van der Waals surface area contributed by atoms with Crippen molar-refractivity contribution < 1.29 is 0 Å². The van der Waals surface area contributed by atoms with Gasteiger partial charge in [0.1, 0.15) is 5.82 Å². The van der Waals surface area contributed by atoms with Gasteiger partial charge in [-0.2, -0.15) is 0 Å². The van der Waals surface area contributed by atoms with E-state index in [4.69, 9.17) is 23.1 Å². The molecule has 0 aliphatic rings. The van der Waals surface area contributed by atoms with Crippen molar-refractivity contribution in [3.63, 3.8) is 0 Å². The van der Waals surface area contributed by atoms with Crippen LogP contribution in [-0.4, -0.2) is 4.98 Å². The zero-order chi connectivity index (χ0) is 12.4. The molecule has 88 valence electrons. The molecular formula is C13H14ClN3. The smallest absolute Gasteiger partial charge is 0.124 e. The molecule has 0 bridgehead atoms. The minimum absolute atomic E-state index is 0.453. The maximum Gasteiger partial charge on any atom is 0.124 e. The van der Waals surface area contributed by atoms with Gasteiger partial charge in [0.05, 0.1) is 5.02 Å². The maximum absolute atomic E-state index is 6.15. The summed E-state index contributed by atoms with van der Waals surface area (Å²) in [7, 11) is 0. The molecule has 0 spiro atoms. The van der Waals surface area contributed by atoms with Crippen LogP contribution in [0.25, 0.3) is 11.1 Å². The normalized spacial score (nSPS) is 10.5. The summed E-state index contributed by atoms with van der Waals surface area (Å²) >= 11 is 6.15. The number of nitrogen functional groups attached to an aromatic ring is 2. The number of hydrogen-bond acceptors (Lipinski definition) is 3. The standard InChI is InChI=1S/C13H14ClN3/c1-2-8-9(4-3-5-12(8)15)10-6-13(16)17-7-11(10)14/h3-7H,2,15H2,1H3,(H2,16,17). The van der Waals surface area contributed by atoms with Gasteiger partial charge in [-0.3, -0.25) is 0 Å². The molecule has 17 heavy (non-hydrogen) atoms. The van der Waals surface area contributed by atoms with Gasteiger partial charge in [0.25, 0.3) is 0 Å². The number of rotatable bonds is 2. The highest BCUT2D eigenvalue weighted by atomic mass is 35.5. The van der Waals surface area contributed by atoms with Crippen molar-refractivity contribution in [2.45, 2.75) is 13.3 Å². The molecule has 0 radical (unpaired) electrons. The molecule has 1 aromatic heterocycles. The van der Waals surface area contributed by atoms with Crippen molar-refractivity contribution >= 4 is 23.1 Å². The number of aromatic nitrogens is 1. The Morgan fingerprint density at radius 1 is 1.24 bits per heavy atom. The molecule has 3 nitrogen and oxygen atoms in total. The molecule has 4 N–H and O–H groups in total. The van der Waals surface area contributed by atoms with Crippen LogP contribution in [-0.2, 0) is 6.42 Å². The van der Waals surface area contributed by atoms with E-state index in [0.29, 0.717) is 10.8 Å². The van der Waals surface area contributed by atoms with Crippen LogP contribution in [0.4, 0.5) is 11.5 Å². The summed E-state index contributed by atoms with van der Waals surface area (Å²) in [6.45, 7) is 2.06. The first-order chi connectivity index (χ1) is 8.13. The number of anilines is 2. The lowest BCUT2D eigenvalue weighted by Gasteiger charge is -2.12. The number of nitrogens with zero attached hydrogens (tertiary/aromatic N) is 1. The van der Waals surface area contributed by atoms with Gasteiger partial charge in [-0.1, -0.05) is 30.7 Å². The fourth-order valence-electron chi connectivity index (χ4n) is 1.91. The van der Waals surface area contributed by atoms with Crippen LogP contribution < -0.4 is 11.5 Å². The Kier molecular flexibility index (Phi) is 3.20. The van der Waals surface area contributed by atoms with E-state index in [0.717, 1.165) is 28.8 Å². The topological polar surface area (TPSA) is 64.9 Å². The molecule has 4 heteroatoms. The lowest BCUT2D eigenvalue weighted by atomic mass is 9.97. The fourth-order valence-corrected chi connectivity index (χ4v) is 2.12. The molecule has 0 amide bonds. The second-order valence-corrected chi connectivity index (χ2v) is 4.22. The summed E-state index contributed by atoms with van der Waals surface area (Å²) in [5.41, 5.74) is 15.4. The predicted octanol–water partition coefficient (Wildman–Crippen LogP) is 3.13. The summed E-state index contributed by atoms with van der Waals surface area (Å²) in [5, 5.41) is 0.583. The fraction of sp³-hybridized carbons (Fsp3) is 0.154. The Labute approximate surface area is 105 Å². The number of pyridine rings is 1. The molecule has 0 saturated carbocycles. The molecule has 0 atom stereocenters. The zero-order valence-corrected chi connectivity index (χ0v) is 10.3. The lowest BCUT2D eigenvalue weighted by molar-refractivity contribution is 1.15. The van der Waals surface area contributed by atoms with Crippen LogP contribution in [0.2, 0.25) is 5.02 Å². The van der Waals surface area contributed by atoms with Gasteiger partial charge < -0.3 is 11.5 Å². The highest BCUT2D eigenvalue weighted by Crippen LogP contribution is 2.33. The van der Waals surface area contributed by atoms with E-state index < -0.39 is 0 Å². The third-order valence-corrected chi connectivity index (χ3v) is 3.03. The van der Waals surface area contributed by atoms with Crippen LogP contribution in [0.3, 0.4) is 0 Å². The number of nitrogens with two attached hydrogens (primary N) is 2. The van der Waals surface area contributed by atoms with Gasteiger partial charge in [-0.05, 0) is 29.7 Å². The van der Waals surface area contributed by atoms with Gasteiger partial charge in [0.2, 0.25) is 0 Å². The number of hydrogen-bond donors (Lipinski definition) is 2. The number of halogens is 1. The largest absolute Gasteiger partial charge is 0.398 e. The van der Waals surface area contributed by atoms with E-state index in [1.54, 1.807) is 12.3 Å². The monoisotopic (exact) mass is 247 g/mol. The lowest BCUT2D eigenvalue weighted by Crippen LogP contribution is -1.97. The van der Waals surface area contributed by atoms with E-state index in [9.17, 15) is 0 Å². The quantitative estimate of drug-likeness (QED) is 0.802. The van der Waals surface area contributed by atoms with Crippen molar-refractivity contribution in [1.82, 2.24) is 4.98 Å². The molecule has 2 rings (SSSR count). The third kappa shape index (κ3) is 2.19. The van der Waals surface area contributed by atoms with Crippen molar-refractivity contribution in [2.24, 2.45) is 0 Å². The Hall–Kier alpha value is -1.74. The molecule has 1 aromatic carbocycles. The van der Waals surface area contributed by atoms with Crippen molar-refractivity contribution in [3.8, 4) is 11.1 Å². The Morgan fingerprint density at radius 2 is 2.00 bits per heavy atom. The highest BCUT2D eigenvalue weighted by Gasteiger charge is 2.10. The van der Waals surface area contributed by atoms with Crippen LogP contribution in [0.15, 0.2) is 30.5 Å². The Balaban J connectivity index is 2.68. The van der Waals surface area contributed by atoms with Crippen molar-refractivity contribution in [3.05, 3.63) is 41.0 Å². The molecule has 0 aliphatic carbocycles. The van der Waals surface area contributed by atoms with Crippen LogP contribution in [0.1, 0.15) is 12.5 Å². The predicted molar refractivity (Wildman–Crippen MR) is 72.9 cm³/mol. The molecule has 2 aromatic rings. The van der Waals surface area contributed by atoms with E-state index in [1.807, 2.05) is 18.2 Å². The van der Waals surface area contributed by atoms with Gasteiger partial charge in [0.15, 0.2) is 0 Å². The third-order valence-electron chi connectivity index (χ3n) is 2.73. The first-order valence-corrected chi connectivity index (χ1v) is 5.80. The summed E-state index contributed by atoms with van der Waals surface area (Å²) < 4.78 is 0. The first-order valence-electron chi connectivity index (χ1n) is 5.42. The van der Waals surface area contributed by atoms with Crippen molar-refractivity contribution in [1.29, 1.82) is 0 Å². The van der Waals surface area contributed by atoms with Crippen LogP contribution >= 0.6 is 11.6 Å². The molecule has 0 fully saturated rings. The second kappa shape index (κ2) is 4.63. The maximum atomic E-state index is 6.15. The van der Waals surface area contributed by atoms with E-state index in [1.165, 1.54) is 0 Å². The number of benzene rings is 1. The van der Waals surface area contributed by atoms with E-state index in [2.05, 4.69) is 11.9 Å². The van der Waals surface area contributed by atoms with E-state index >= 15 is 0 Å². The second-order valence-electron chi connectivity index (χ2n) is 3.82. The first kappa shape index (κ1) is 11.7. The van der Waals surface area contributed by atoms with Crippen molar-refractivity contribution in [2.75, 3.05) is 11.5 Å². The molecule has 0 unspecified atom stereocenters. The van der Waals surface area contributed by atoms with Gasteiger partial charge in [-0.25, -0.2) is 4.98 Å². The zero-order valence-electron chi connectivity index (χ0n) is 9.57. The van der Waals surface area contributed by atoms with Crippen LogP contribution in [0, 0.1) is 0 Å². The summed E-state index contributed by atoms with van der Waals surface area (Å²) in [6.07, 6.45) is 2.41. The minimum atomic E-state index is 0.453. The van der Waals surface area contributed by atoms with Gasteiger partial charge in [-0.15, -0.1) is 0 Å². The molecular weight excluding hydrogens is 234 g/mol.